The highest BCUT2D eigenvalue weighted by atomic mass is 16.5. The Morgan fingerprint density at radius 2 is 1.64 bits per heavy atom. The fraction of sp³-hybridized carbons (Fsp3) is 0.750. The van der Waals surface area contributed by atoms with Gasteiger partial charge in [0.15, 0.2) is 0 Å². The summed E-state index contributed by atoms with van der Waals surface area (Å²) >= 11 is 0. The molecule has 4 nitrogen and oxygen atoms in total. The van der Waals surface area contributed by atoms with Crippen LogP contribution in [-0.2, 0) is 6.54 Å². The molecule has 1 aromatic carbocycles. The molecule has 0 radical (unpaired) electrons. The molecule has 0 aromatic heterocycles. The van der Waals surface area contributed by atoms with Crippen molar-refractivity contribution in [2.45, 2.75) is 65.3 Å². The van der Waals surface area contributed by atoms with Crippen LogP contribution in [0.2, 0.25) is 0 Å². The van der Waals surface area contributed by atoms with Gasteiger partial charge < -0.3 is 19.9 Å². The first-order chi connectivity index (χ1) is 13.8. The Morgan fingerprint density at radius 1 is 0.929 bits per heavy atom. The Bertz CT molecular complexity index is 479. The van der Waals surface area contributed by atoms with Crippen LogP contribution < -0.4 is 10.1 Å². The quantitative estimate of drug-likeness (QED) is 0.446. The molecule has 1 N–H and O–H groups in total. The molecule has 1 fully saturated rings. The number of ether oxygens (including phenoxy) is 1. The number of rotatable bonds is 15. The molecule has 0 saturated carbocycles. The fourth-order valence-electron chi connectivity index (χ4n) is 3.99. The molecular weight excluding hydrogens is 346 g/mol. The zero-order valence-electron chi connectivity index (χ0n) is 18.4. The van der Waals surface area contributed by atoms with Crippen molar-refractivity contribution in [1.82, 2.24) is 15.1 Å². The lowest BCUT2D eigenvalue weighted by atomic mass is 10.1. The minimum absolute atomic E-state index is 0.820. The van der Waals surface area contributed by atoms with Crippen LogP contribution in [0.25, 0.3) is 0 Å². The molecule has 28 heavy (non-hydrogen) atoms. The van der Waals surface area contributed by atoms with Crippen LogP contribution in [-0.4, -0.2) is 62.2 Å². The van der Waals surface area contributed by atoms with Crippen LogP contribution in [0.5, 0.6) is 5.75 Å². The summed E-state index contributed by atoms with van der Waals surface area (Å²) in [6.45, 7) is 14.8. The third-order valence-corrected chi connectivity index (χ3v) is 5.50. The summed E-state index contributed by atoms with van der Waals surface area (Å²) in [5.41, 5.74) is 1.33. The van der Waals surface area contributed by atoms with Crippen molar-refractivity contribution in [3.8, 4) is 5.75 Å². The van der Waals surface area contributed by atoms with E-state index in [1.807, 2.05) is 0 Å². The minimum atomic E-state index is 0.820. The van der Waals surface area contributed by atoms with Crippen LogP contribution in [0.3, 0.4) is 0 Å². The Kier molecular flexibility index (Phi) is 12.3. The Morgan fingerprint density at radius 3 is 2.32 bits per heavy atom. The zero-order chi connectivity index (χ0) is 19.9. The Labute approximate surface area is 173 Å². The van der Waals surface area contributed by atoms with Gasteiger partial charge in [0, 0.05) is 13.1 Å². The predicted molar refractivity (Wildman–Crippen MR) is 120 cm³/mol. The van der Waals surface area contributed by atoms with Crippen molar-refractivity contribution in [2.75, 3.05) is 52.4 Å². The fourth-order valence-corrected chi connectivity index (χ4v) is 3.99. The van der Waals surface area contributed by atoms with Gasteiger partial charge in [-0.25, -0.2) is 0 Å². The summed E-state index contributed by atoms with van der Waals surface area (Å²) in [7, 11) is 0. The summed E-state index contributed by atoms with van der Waals surface area (Å²) in [6.07, 6.45) is 8.98. The Balaban J connectivity index is 1.53. The average molecular weight is 390 g/mol. The van der Waals surface area contributed by atoms with Gasteiger partial charge in [0.05, 0.1) is 6.61 Å². The zero-order valence-corrected chi connectivity index (χ0v) is 18.4. The van der Waals surface area contributed by atoms with E-state index in [1.54, 1.807) is 0 Å². The highest BCUT2D eigenvalue weighted by Gasteiger charge is 2.09. The molecule has 2 rings (SSSR count). The molecule has 1 aromatic rings. The first-order valence-electron chi connectivity index (χ1n) is 11.7. The topological polar surface area (TPSA) is 27.7 Å². The molecule has 1 aliphatic heterocycles. The number of hydrogen-bond donors (Lipinski definition) is 1. The van der Waals surface area contributed by atoms with Crippen molar-refractivity contribution in [3.05, 3.63) is 29.8 Å². The third-order valence-electron chi connectivity index (χ3n) is 5.50. The predicted octanol–water partition coefficient (Wildman–Crippen LogP) is 4.54. The molecule has 0 spiro atoms. The molecule has 4 heteroatoms. The molecule has 1 aliphatic rings. The highest BCUT2D eigenvalue weighted by molar-refractivity contribution is 5.27. The second kappa shape index (κ2) is 14.8. The lowest BCUT2D eigenvalue weighted by Gasteiger charge is -2.26. The van der Waals surface area contributed by atoms with Gasteiger partial charge >= 0.3 is 0 Å². The summed E-state index contributed by atoms with van der Waals surface area (Å²) in [6, 6.07) is 8.60. The maximum absolute atomic E-state index is 5.91. The van der Waals surface area contributed by atoms with Gasteiger partial charge in [-0.15, -0.1) is 0 Å². The van der Waals surface area contributed by atoms with Gasteiger partial charge in [0.2, 0.25) is 0 Å². The van der Waals surface area contributed by atoms with Crippen molar-refractivity contribution < 1.29 is 4.74 Å². The lowest BCUT2D eigenvalue weighted by molar-refractivity contribution is 0.205. The van der Waals surface area contributed by atoms with Crippen molar-refractivity contribution in [2.24, 2.45) is 0 Å². The average Bonchev–Trinajstić information content (AvgIpc) is 2.73. The number of hydrogen-bond acceptors (Lipinski definition) is 4. The third kappa shape index (κ3) is 9.90. The lowest BCUT2D eigenvalue weighted by Crippen LogP contribution is -2.31. The van der Waals surface area contributed by atoms with E-state index in [0.717, 1.165) is 31.9 Å². The van der Waals surface area contributed by atoms with E-state index in [4.69, 9.17) is 4.74 Å². The molecule has 0 aliphatic carbocycles. The largest absolute Gasteiger partial charge is 0.494 e. The molecule has 160 valence electrons. The van der Waals surface area contributed by atoms with Crippen LogP contribution in [0.4, 0.5) is 0 Å². The number of benzene rings is 1. The maximum atomic E-state index is 5.91. The van der Waals surface area contributed by atoms with Gasteiger partial charge in [0.1, 0.15) is 5.75 Å². The van der Waals surface area contributed by atoms with E-state index in [0.29, 0.717) is 0 Å². The first-order valence-corrected chi connectivity index (χ1v) is 11.7. The van der Waals surface area contributed by atoms with E-state index in [-0.39, 0.29) is 0 Å². The monoisotopic (exact) mass is 389 g/mol. The summed E-state index contributed by atoms with van der Waals surface area (Å²) in [4.78, 5) is 5.16. The van der Waals surface area contributed by atoms with E-state index in [9.17, 15) is 0 Å². The van der Waals surface area contributed by atoms with Gasteiger partial charge in [-0.3, -0.25) is 0 Å². The Hall–Kier alpha value is -1.10. The van der Waals surface area contributed by atoms with E-state index >= 15 is 0 Å². The summed E-state index contributed by atoms with van der Waals surface area (Å²) in [5.74, 6) is 0.997. The molecule has 0 atom stereocenters. The molecular formula is C24H43N3O. The molecule has 0 amide bonds. The van der Waals surface area contributed by atoms with E-state index in [1.165, 1.54) is 83.4 Å². The molecule has 1 heterocycles. The normalized spacial score (nSPS) is 15.2. The van der Waals surface area contributed by atoms with Crippen molar-refractivity contribution >= 4 is 0 Å². The highest BCUT2D eigenvalue weighted by Crippen LogP contribution is 2.13. The summed E-state index contributed by atoms with van der Waals surface area (Å²) < 4.78 is 5.91. The number of nitrogens with zero attached hydrogens (tertiary/aromatic N) is 2. The van der Waals surface area contributed by atoms with Gasteiger partial charge in [0.25, 0.3) is 0 Å². The van der Waals surface area contributed by atoms with Crippen LogP contribution >= 0.6 is 0 Å². The SMILES string of the molecule is CCCN(CCC)CCCNCc1ccc(OCCCN2CCCCC2)cc1. The van der Waals surface area contributed by atoms with Crippen molar-refractivity contribution in [3.63, 3.8) is 0 Å². The minimum Gasteiger partial charge on any atom is -0.494 e. The summed E-state index contributed by atoms with van der Waals surface area (Å²) in [5, 5.41) is 3.58. The molecule has 0 bridgehead atoms. The second-order valence-corrected chi connectivity index (χ2v) is 8.12. The second-order valence-electron chi connectivity index (χ2n) is 8.12. The van der Waals surface area contributed by atoms with Crippen LogP contribution in [0.15, 0.2) is 24.3 Å². The van der Waals surface area contributed by atoms with E-state index in [2.05, 4.69) is 53.2 Å². The smallest absolute Gasteiger partial charge is 0.119 e. The molecule has 1 saturated heterocycles. The van der Waals surface area contributed by atoms with Gasteiger partial charge in [-0.2, -0.15) is 0 Å². The molecule has 0 unspecified atom stereocenters. The van der Waals surface area contributed by atoms with Crippen LogP contribution in [0, 0.1) is 0 Å². The standard InChI is InChI=1S/C24H43N3O/c1-3-15-26(16-4-2)19-8-14-25-22-23-10-12-24(13-11-23)28-21-9-20-27-17-6-5-7-18-27/h10-13,25H,3-9,14-22H2,1-2H3. The van der Waals surface area contributed by atoms with Gasteiger partial charge in [-0.05, 0) is 95.5 Å². The van der Waals surface area contributed by atoms with E-state index < -0.39 is 0 Å². The number of piperidine rings is 1. The van der Waals surface area contributed by atoms with Crippen molar-refractivity contribution in [1.29, 1.82) is 0 Å². The maximum Gasteiger partial charge on any atom is 0.119 e. The number of nitrogens with one attached hydrogen (secondary N) is 1. The number of likely N-dealkylation sites (tertiary alicyclic amines) is 1. The first kappa shape index (κ1) is 23.2. The van der Waals surface area contributed by atoms with Gasteiger partial charge in [-0.1, -0.05) is 32.4 Å². The van der Waals surface area contributed by atoms with Crippen LogP contribution in [0.1, 0.15) is 64.4 Å².